The van der Waals surface area contributed by atoms with Gasteiger partial charge < -0.3 is 11.1 Å². The van der Waals surface area contributed by atoms with Crippen LogP contribution in [0, 0.1) is 12.8 Å². The molecule has 0 radical (unpaired) electrons. The second-order valence-corrected chi connectivity index (χ2v) is 4.14. The highest BCUT2D eigenvalue weighted by molar-refractivity contribution is 6.02. The average Bonchev–Trinajstić information content (AvgIpc) is 2.75. The minimum Gasteiger partial charge on any atom is -0.369 e. The largest absolute Gasteiger partial charge is 0.369 e. The Hall–Kier alpha value is -1.84. The fraction of sp³-hybridized carbons (Fsp3) is 0.429. The lowest BCUT2D eigenvalue weighted by atomic mass is 9.88. The monoisotopic (exact) mass is 248 g/mol. The van der Waals surface area contributed by atoms with Gasteiger partial charge in [-0.1, -0.05) is 43.7 Å². The van der Waals surface area contributed by atoms with E-state index in [9.17, 15) is 9.59 Å². The van der Waals surface area contributed by atoms with Crippen molar-refractivity contribution in [2.75, 3.05) is 6.54 Å². The third kappa shape index (κ3) is 2.88. The molecule has 1 heterocycles. The topological polar surface area (TPSA) is 72.2 Å². The Labute approximate surface area is 108 Å². The molecule has 1 aromatic carbocycles. The summed E-state index contributed by atoms with van der Waals surface area (Å²) in [4.78, 5) is 22.7. The van der Waals surface area contributed by atoms with Crippen LogP contribution in [-0.4, -0.2) is 18.4 Å². The van der Waals surface area contributed by atoms with Crippen molar-refractivity contribution in [1.29, 1.82) is 0 Å². The number of carbonyl (C=O) groups excluding carboxylic acids is 2. The zero-order chi connectivity index (χ0) is 13.7. The van der Waals surface area contributed by atoms with E-state index in [0.717, 1.165) is 11.1 Å². The number of carbonyl (C=O) groups is 2. The van der Waals surface area contributed by atoms with Crippen molar-refractivity contribution in [2.24, 2.45) is 11.7 Å². The van der Waals surface area contributed by atoms with Gasteiger partial charge in [-0.25, -0.2) is 0 Å². The van der Waals surface area contributed by atoms with Crippen LogP contribution in [0.3, 0.4) is 0 Å². The summed E-state index contributed by atoms with van der Waals surface area (Å²) in [6.07, 6.45) is 0. The minimum absolute atomic E-state index is 0.134. The van der Waals surface area contributed by atoms with Crippen LogP contribution in [0.5, 0.6) is 0 Å². The summed E-state index contributed by atoms with van der Waals surface area (Å²) in [7, 11) is 0. The van der Waals surface area contributed by atoms with Gasteiger partial charge in [0.15, 0.2) is 0 Å². The predicted octanol–water partition coefficient (Wildman–Crippen LogP) is 1.34. The molecule has 2 amide bonds. The third-order valence-corrected chi connectivity index (χ3v) is 2.99. The quantitative estimate of drug-likeness (QED) is 0.775. The Morgan fingerprint density at radius 2 is 1.83 bits per heavy atom. The van der Waals surface area contributed by atoms with Crippen molar-refractivity contribution in [1.82, 2.24) is 5.32 Å². The molecule has 0 bridgehead atoms. The predicted molar refractivity (Wildman–Crippen MR) is 71.0 cm³/mol. The van der Waals surface area contributed by atoms with Crippen LogP contribution < -0.4 is 11.1 Å². The zero-order valence-corrected chi connectivity index (χ0v) is 11.1. The van der Waals surface area contributed by atoms with Gasteiger partial charge in [-0.3, -0.25) is 9.59 Å². The molecule has 1 saturated heterocycles. The van der Waals surface area contributed by atoms with Gasteiger partial charge in [-0.05, 0) is 12.5 Å². The van der Waals surface area contributed by atoms with Crippen molar-refractivity contribution >= 4 is 11.8 Å². The molecule has 0 saturated carbocycles. The molecule has 1 aromatic rings. The van der Waals surface area contributed by atoms with Crippen molar-refractivity contribution in [3.8, 4) is 0 Å². The van der Waals surface area contributed by atoms with E-state index in [-0.39, 0.29) is 11.8 Å². The Bertz CT molecular complexity index is 426. The number of nitrogens with two attached hydrogens (primary N) is 1. The molecule has 1 aliphatic rings. The summed E-state index contributed by atoms with van der Waals surface area (Å²) < 4.78 is 0. The van der Waals surface area contributed by atoms with Gasteiger partial charge in [-0.15, -0.1) is 0 Å². The normalized spacial score (nSPS) is 21.8. The first-order chi connectivity index (χ1) is 8.59. The average molecular weight is 248 g/mol. The molecule has 1 aliphatic heterocycles. The third-order valence-electron chi connectivity index (χ3n) is 2.99. The Balaban J connectivity index is 0.000000771. The highest BCUT2D eigenvalue weighted by atomic mass is 16.2. The molecular formula is C14H20N2O2. The van der Waals surface area contributed by atoms with Gasteiger partial charge in [0.2, 0.25) is 11.8 Å². The fourth-order valence-electron chi connectivity index (χ4n) is 2.07. The molecule has 1 fully saturated rings. The Morgan fingerprint density at radius 3 is 2.33 bits per heavy atom. The van der Waals surface area contributed by atoms with Gasteiger partial charge in [0, 0.05) is 12.5 Å². The smallest absolute Gasteiger partial charge is 0.233 e. The lowest BCUT2D eigenvalue weighted by Crippen LogP contribution is -2.32. The van der Waals surface area contributed by atoms with Crippen molar-refractivity contribution < 1.29 is 9.59 Å². The van der Waals surface area contributed by atoms with Crippen LogP contribution in [-0.2, 0) is 9.59 Å². The van der Waals surface area contributed by atoms with E-state index >= 15 is 0 Å². The van der Waals surface area contributed by atoms with E-state index in [1.165, 1.54) is 0 Å². The molecule has 2 unspecified atom stereocenters. The summed E-state index contributed by atoms with van der Waals surface area (Å²) >= 11 is 0. The highest BCUT2D eigenvalue weighted by Crippen LogP contribution is 2.28. The number of rotatable bonds is 2. The SMILES string of the molecule is CC.Cc1ccc(C2CNC(=O)C2C(N)=O)cc1. The first-order valence-corrected chi connectivity index (χ1v) is 6.23. The number of primary amides is 1. The maximum Gasteiger partial charge on any atom is 0.233 e. The van der Waals surface area contributed by atoms with Crippen LogP contribution in [0.4, 0.5) is 0 Å². The standard InChI is InChI=1S/C12H14N2O2.C2H6/c1-7-2-4-8(5-3-7)9-6-14-12(16)10(9)11(13)15;1-2/h2-5,9-10H,6H2,1H3,(H2,13,15)(H,14,16);1-2H3. The van der Waals surface area contributed by atoms with E-state index in [4.69, 9.17) is 5.73 Å². The number of aryl methyl sites for hydroxylation is 1. The van der Waals surface area contributed by atoms with Gasteiger partial charge in [0.25, 0.3) is 0 Å². The fourth-order valence-corrected chi connectivity index (χ4v) is 2.07. The summed E-state index contributed by atoms with van der Waals surface area (Å²) in [6, 6.07) is 7.82. The van der Waals surface area contributed by atoms with Crippen molar-refractivity contribution in [3.63, 3.8) is 0 Å². The van der Waals surface area contributed by atoms with E-state index in [0.29, 0.717) is 6.54 Å². The van der Waals surface area contributed by atoms with E-state index in [1.54, 1.807) is 0 Å². The summed E-state index contributed by atoms with van der Waals surface area (Å²) in [5, 5.41) is 2.67. The van der Waals surface area contributed by atoms with E-state index in [1.807, 2.05) is 45.0 Å². The summed E-state index contributed by atoms with van der Waals surface area (Å²) in [5.74, 6) is -1.69. The number of hydrogen-bond acceptors (Lipinski definition) is 2. The van der Waals surface area contributed by atoms with E-state index < -0.39 is 11.8 Å². The highest BCUT2D eigenvalue weighted by Gasteiger charge is 2.39. The number of nitrogens with one attached hydrogen (secondary N) is 1. The Morgan fingerprint density at radius 1 is 1.28 bits per heavy atom. The second kappa shape index (κ2) is 6.19. The molecule has 98 valence electrons. The molecule has 0 aromatic heterocycles. The molecule has 2 rings (SSSR count). The number of hydrogen-bond donors (Lipinski definition) is 2. The maximum atomic E-state index is 11.5. The van der Waals surface area contributed by atoms with E-state index in [2.05, 4.69) is 5.32 Å². The first kappa shape index (κ1) is 14.2. The van der Waals surface area contributed by atoms with Crippen LogP contribution >= 0.6 is 0 Å². The van der Waals surface area contributed by atoms with Crippen LogP contribution in [0.15, 0.2) is 24.3 Å². The number of amides is 2. The minimum atomic E-state index is -0.734. The molecule has 3 N–H and O–H groups in total. The van der Waals surface area contributed by atoms with Crippen molar-refractivity contribution in [3.05, 3.63) is 35.4 Å². The lowest BCUT2D eigenvalue weighted by molar-refractivity contribution is -0.131. The molecule has 4 heteroatoms. The molecule has 18 heavy (non-hydrogen) atoms. The summed E-state index contributed by atoms with van der Waals surface area (Å²) in [5.41, 5.74) is 7.38. The van der Waals surface area contributed by atoms with Crippen LogP contribution in [0.2, 0.25) is 0 Å². The van der Waals surface area contributed by atoms with Gasteiger partial charge >= 0.3 is 0 Å². The molecule has 0 spiro atoms. The maximum absolute atomic E-state index is 11.5. The first-order valence-electron chi connectivity index (χ1n) is 6.23. The van der Waals surface area contributed by atoms with Gasteiger partial charge in [0.05, 0.1) is 0 Å². The summed E-state index contributed by atoms with van der Waals surface area (Å²) in [6.45, 7) is 6.48. The van der Waals surface area contributed by atoms with Crippen LogP contribution in [0.25, 0.3) is 0 Å². The number of benzene rings is 1. The van der Waals surface area contributed by atoms with Gasteiger partial charge in [-0.2, -0.15) is 0 Å². The van der Waals surface area contributed by atoms with Crippen molar-refractivity contribution in [2.45, 2.75) is 26.7 Å². The van der Waals surface area contributed by atoms with Crippen LogP contribution in [0.1, 0.15) is 30.9 Å². The van der Waals surface area contributed by atoms with Gasteiger partial charge in [0.1, 0.15) is 5.92 Å². The molecule has 2 atom stereocenters. The molecule has 0 aliphatic carbocycles. The Kier molecular flexibility index (Phi) is 4.89. The zero-order valence-electron chi connectivity index (χ0n) is 11.1. The molecule has 4 nitrogen and oxygen atoms in total. The molecular weight excluding hydrogens is 228 g/mol. The lowest BCUT2D eigenvalue weighted by Gasteiger charge is -2.14. The second-order valence-electron chi connectivity index (χ2n) is 4.14.